The molecule has 5 heteroatoms. The number of aryl methyl sites for hydroxylation is 1. The summed E-state index contributed by atoms with van der Waals surface area (Å²) in [5, 5.41) is 20.6. The largest absolute Gasteiger partial charge is 0.338 e. The monoisotopic (exact) mass is 284 g/mol. The van der Waals surface area contributed by atoms with Crippen LogP contribution in [0.15, 0.2) is 24.3 Å². The molecule has 102 valence electrons. The smallest absolute Gasteiger partial charge is 0.171 e. The van der Waals surface area contributed by atoms with Crippen molar-refractivity contribution in [3.63, 3.8) is 0 Å². The van der Waals surface area contributed by atoms with E-state index in [9.17, 15) is 5.26 Å². The van der Waals surface area contributed by atoms with Crippen molar-refractivity contribution in [1.82, 2.24) is 10.2 Å². The second-order valence-electron chi connectivity index (χ2n) is 4.50. The summed E-state index contributed by atoms with van der Waals surface area (Å²) in [7, 11) is 0. The Hall–Kier alpha value is -2.06. The first kappa shape index (κ1) is 14.4. The number of hydrogen-bond donors (Lipinski definition) is 1. The molecule has 4 nitrogen and oxygen atoms in total. The summed E-state index contributed by atoms with van der Waals surface area (Å²) < 4.78 is 0. The van der Waals surface area contributed by atoms with E-state index in [4.69, 9.17) is 0 Å². The Kier molecular flexibility index (Phi) is 4.59. The maximum atomic E-state index is 9.26. The van der Waals surface area contributed by atoms with Crippen LogP contribution in [0.1, 0.15) is 22.4 Å². The van der Waals surface area contributed by atoms with Gasteiger partial charge in [0.2, 0.25) is 0 Å². The van der Waals surface area contributed by atoms with Gasteiger partial charge in [-0.25, -0.2) is 0 Å². The van der Waals surface area contributed by atoms with Gasteiger partial charge in [-0.15, -0.1) is 5.10 Å². The predicted molar refractivity (Wildman–Crippen MR) is 83.2 cm³/mol. The van der Waals surface area contributed by atoms with Gasteiger partial charge in [-0.3, -0.25) is 0 Å². The lowest BCUT2D eigenvalue weighted by molar-refractivity contribution is 0.960. The van der Waals surface area contributed by atoms with Crippen LogP contribution in [0.3, 0.4) is 0 Å². The molecule has 0 aliphatic heterocycles. The predicted octanol–water partition coefficient (Wildman–Crippen LogP) is 3.57. The molecule has 1 heterocycles. The van der Waals surface area contributed by atoms with Crippen LogP contribution < -0.4 is 5.32 Å². The first-order chi connectivity index (χ1) is 9.65. The third-order valence-corrected chi connectivity index (χ3v) is 3.72. The van der Waals surface area contributed by atoms with E-state index in [0.717, 1.165) is 22.7 Å². The molecule has 20 heavy (non-hydrogen) atoms. The van der Waals surface area contributed by atoms with Crippen LogP contribution >= 0.6 is 11.8 Å². The lowest BCUT2D eigenvalue weighted by Crippen LogP contribution is -2.03. The molecule has 0 amide bonds. The lowest BCUT2D eigenvalue weighted by Gasteiger charge is -2.10. The average Bonchev–Trinajstić information content (AvgIpc) is 2.46. The van der Waals surface area contributed by atoms with E-state index in [2.05, 4.69) is 40.0 Å². The van der Waals surface area contributed by atoms with Gasteiger partial charge in [-0.2, -0.15) is 22.1 Å². The zero-order valence-electron chi connectivity index (χ0n) is 11.8. The quantitative estimate of drug-likeness (QED) is 0.930. The van der Waals surface area contributed by atoms with Gasteiger partial charge in [0, 0.05) is 11.4 Å². The molecule has 1 aromatic heterocycles. The van der Waals surface area contributed by atoms with Crippen molar-refractivity contribution >= 4 is 23.3 Å². The topological polar surface area (TPSA) is 61.6 Å². The highest BCUT2D eigenvalue weighted by Crippen LogP contribution is 2.22. The highest BCUT2D eigenvalue weighted by atomic mass is 32.2. The van der Waals surface area contributed by atoms with Gasteiger partial charge in [0.05, 0.1) is 5.69 Å². The summed E-state index contributed by atoms with van der Waals surface area (Å²) >= 11 is 1.79. The number of hydrogen-bond acceptors (Lipinski definition) is 5. The van der Waals surface area contributed by atoms with Crippen molar-refractivity contribution < 1.29 is 0 Å². The standard InChI is InChI=1S/C15H16N4S/c1-10-11(2)18-19-15(14(10)8-16)17-13-6-4-12(5-7-13)9-20-3/h4-7H,9H2,1-3H3,(H,17,19). The first-order valence-electron chi connectivity index (χ1n) is 6.24. The summed E-state index contributed by atoms with van der Waals surface area (Å²) in [6.45, 7) is 3.74. The summed E-state index contributed by atoms with van der Waals surface area (Å²) in [6, 6.07) is 10.3. The SMILES string of the molecule is CSCc1ccc(Nc2nnc(C)c(C)c2C#N)cc1. The fourth-order valence-corrected chi connectivity index (χ4v) is 2.35. The van der Waals surface area contributed by atoms with Gasteiger partial charge in [0.15, 0.2) is 5.82 Å². The van der Waals surface area contributed by atoms with Crippen molar-refractivity contribution in [2.45, 2.75) is 19.6 Å². The Balaban J connectivity index is 2.26. The molecule has 0 aliphatic carbocycles. The molecule has 0 spiro atoms. The summed E-state index contributed by atoms with van der Waals surface area (Å²) in [4.78, 5) is 0. The summed E-state index contributed by atoms with van der Waals surface area (Å²) in [5.41, 5.74) is 4.37. The van der Waals surface area contributed by atoms with Gasteiger partial charge < -0.3 is 5.32 Å². The summed E-state index contributed by atoms with van der Waals surface area (Å²) in [6.07, 6.45) is 2.08. The van der Waals surface area contributed by atoms with Crippen LogP contribution in [0.5, 0.6) is 0 Å². The average molecular weight is 284 g/mol. The number of nitriles is 1. The molecule has 2 rings (SSSR count). The number of aromatic nitrogens is 2. The third kappa shape index (κ3) is 3.09. The number of thioether (sulfide) groups is 1. The van der Waals surface area contributed by atoms with Crippen molar-refractivity contribution in [2.24, 2.45) is 0 Å². The molecule has 0 fully saturated rings. The fraction of sp³-hybridized carbons (Fsp3) is 0.267. The second-order valence-corrected chi connectivity index (χ2v) is 5.37. The van der Waals surface area contributed by atoms with Crippen molar-refractivity contribution in [1.29, 1.82) is 5.26 Å². The van der Waals surface area contributed by atoms with Crippen LogP contribution in [-0.2, 0) is 5.75 Å². The molecule has 0 bridgehead atoms. The molecular formula is C15H16N4S. The number of anilines is 2. The van der Waals surface area contributed by atoms with Gasteiger partial charge in [-0.05, 0) is 43.4 Å². The van der Waals surface area contributed by atoms with Crippen LogP contribution in [-0.4, -0.2) is 16.5 Å². The van der Waals surface area contributed by atoms with Crippen LogP contribution in [0.2, 0.25) is 0 Å². The minimum absolute atomic E-state index is 0.508. The lowest BCUT2D eigenvalue weighted by atomic mass is 10.1. The van der Waals surface area contributed by atoms with Crippen molar-refractivity contribution in [3.05, 3.63) is 46.6 Å². The van der Waals surface area contributed by atoms with Crippen LogP contribution in [0.25, 0.3) is 0 Å². The van der Waals surface area contributed by atoms with Crippen molar-refractivity contribution in [3.8, 4) is 6.07 Å². The van der Waals surface area contributed by atoms with Gasteiger partial charge in [-0.1, -0.05) is 12.1 Å². The highest BCUT2D eigenvalue weighted by Gasteiger charge is 2.10. The van der Waals surface area contributed by atoms with Crippen molar-refractivity contribution in [2.75, 3.05) is 11.6 Å². The second kappa shape index (κ2) is 6.40. The molecular weight excluding hydrogens is 268 g/mol. The zero-order chi connectivity index (χ0) is 14.5. The highest BCUT2D eigenvalue weighted by molar-refractivity contribution is 7.97. The number of benzene rings is 1. The van der Waals surface area contributed by atoms with E-state index >= 15 is 0 Å². The van der Waals surface area contributed by atoms with Gasteiger partial charge >= 0.3 is 0 Å². The van der Waals surface area contributed by atoms with E-state index in [1.807, 2.05) is 26.0 Å². The first-order valence-corrected chi connectivity index (χ1v) is 7.64. The van der Waals surface area contributed by atoms with E-state index < -0.39 is 0 Å². The molecule has 0 aliphatic rings. The molecule has 0 saturated heterocycles. The Labute approximate surface area is 123 Å². The minimum Gasteiger partial charge on any atom is -0.338 e. The molecule has 0 radical (unpaired) electrons. The Bertz CT molecular complexity index is 644. The molecule has 0 unspecified atom stereocenters. The van der Waals surface area contributed by atoms with Crippen LogP contribution in [0.4, 0.5) is 11.5 Å². The van der Waals surface area contributed by atoms with E-state index in [-0.39, 0.29) is 0 Å². The third-order valence-electron chi connectivity index (χ3n) is 3.09. The minimum atomic E-state index is 0.508. The maximum absolute atomic E-state index is 9.26. The molecule has 0 saturated carbocycles. The number of nitrogens with zero attached hydrogens (tertiary/aromatic N) is 3. The number of rotatable bonds is 4. The Morgan fingerprint density at radius 1 is 1.20 bits per heavy atom. The maximum Gasteiger partial charge on any atom is 0.171 e. The zero-order valence-corrected chi connectivity index (χ0v) is 12.6. The number of nitrogens with one attached hydrogen (secondary N) is 1. The Morgan fingerprint density at radius 2 is 1.90 bits per heavy atom. The summed E-state index contributed by atoms with van der Waals surface area (Å²) in [5.74, 6) is 1.50. The van der Waals surface area contributed by atoms with E-state index in [0.29, 0.717) is 11.4 Å². The molecule has 1 N–H and O–H groups in total. The normalized spacial score (nSPS) is 10.1. The van der Waals surface area contributed by atoms with Gasteiger partial charge in [0.25, 0.3) is 0 Å². The molecule has 0 atom stereocenters. The molecule has 1 aromatic carbocycles. The fourth-order valence-electron chi connectivity index (χ4n) is 1.82. The van der Waals surface area contributed by atoms with Gasteiger partial charge in [0.1, 0.15) is 11.6 Å². The van der Waals surface area contributed by atoms with E-state index in [1.165, 1.54) is 5.56 Å². The van der Waals surface area contributed by atoms with Crippen LogP contribution in [0, 0.1) is 25.2 Å². The molecule has 2 aromatic rings. The Morgan fingerprint density at radius 3 is 2.50 bits per heavy atom. The van der Waals surface area contributed by atoms with E-state index in [1.54, 1.807) is 11.8 Å².